The lowest BCUT2D eigenvalue weighted by Gasteiger charge is -2.31. The summed E-state index contributed by atoms with van der Waals surface area (Å²) in [5.41, 5.74) is 6.26. The van der Waals surface area contributed by atoms with Gasteiger partial charge in [-0.15, -0.1) is 0 Å². The summed E-state index contributed by atoms with van der Waals surface area (Å²) in [6.07, 6.45) is 1.70. The number of amidine groups is 1. The highest BCUT2D eigenvalue weighted by Gasteiger charge is 2.21. The highest BCUT2D eigenvalue weighted by molar-refractivity contribution is 5.89. The SMILES string of the molecule is NC(CN1CCC(NC(=O)Nc2ccccc2)CC1)=NO. The van der Waals surface area contributed by atoms with Crippen molar-refractivity contribution in [2.75, 3.05) is 25.0 Å². The molecule has 1 aromatic rings. The number of nitrogens with two attached hydrogens (primary N) is 1. The molecule has 0 spiro atoms. The zero-order chi connectivity index (χ0) is 15.1. The zero-order valence-electron chi connectivity index (χ0n) is 11.8. The number of amides is 2. The van der Waals surface area contributed by atoms with Crippen LogP contribution in [0.2, 0.25) is 0 Å². The van der Waals surface area contributed by atoms with E-state index >= 15 is 0 Å². The van der Waals surface area contributed by atoms with Crippen molar-refractivity contribution in [3.8, 4) is 0 Å². The monoisotopic (exact) mass is 291 g/mol. The molecule has 0 saturated carbocycles. The summed E-state index contributed by atoms with van der Waals surface area (Å²) in [5, 5.41) is 17.3. The van der Waals surface area contributed by atoms with Crippen LogP contribution in [0, 0.1) is 0 Å². The number of oxime groups is 1. The van der Waals surface area contributed by atoms with Gasteiger partial charge in [0.25, 0.3) is 0 Å². The van der Waals surface area contributed by atoms with E-state index in [0.29, 0.717) is 6.54 Å². The number of urea groups is 1. The predicted octanol–water partition coefficient (Wildman–Crippen LogP) is 1.02. The molecule has 0 atom stereocenters. The van der Waals surface area contributed by atoms with Gasteiger partial charge in [0.15, 0.2) is 5.84 Å². The molecule has 0 unspecified atom stereocenters. The standard InChI is InChI=1S/C14H21N5O2/c15-13(18-21)10-19-8-6-12(7-9-19)17-14(20)16-11-4-2-1-3-5-11/h1-5,12,21H,6-10H2,(H2,15,18)(H2,16,17,20). The van der Waals surface area contributed by atoms with Crippen molar-refractivity contribution in [3.05, 3.63) is 30.3 Å². The van der Waals surface area contributed by atoms with Crippen molar-refractivity contribution in [2.45, 2.75) is 18.9 Å². The number of likely N-dealkylation sites (tertiary alicyclic amines) is 1. The lowest BCUT2D eigenvalue weighted by Crippen LogP contribution is -2.47. The Morgan fingerprint density at radius 1 is 1.33 bits per heavy atom. The van der Waals surface area contributed by atoms with Crippen molar-refractivity contribution in [2.24, 2.45) is 10.9 Å². The second-order valence-electron chi connectivity index (χ2n) is 5.11. The van der Waals surface area contributed by atoms with E-state index in [1.807, 2.05) is 30.3 Å². The zero-order valence-corrected chi connectivity index (χ0v) is 11.8. The Labute approximate surface area is 123 Å². The van der Waals surface area contributed by atoms with Gasteiger partial charge >= 0.3 is 6.03 Å². The third-order valence-electron chi connectivity index (χ3n) is 3.47. The average molecular weight is 291 g/mol. The van der Waals surface area contributed by atoms with E-state index in [9.17, 15) is 4.79 Å². The first-order valence-corrected chi connectivity index (χ1v) is 6.98. The van der Waals surface area contributed by atoms with Crippen molar-refractivity contribution >= 4 is 17.6 Å². The molecule has 5 N–H and O–H groups in total. The van der Waals surface area contributed by atoms with Crippen molar-refractivity contribution in [3.63, 3.8) is 0 Å². The second-order valence-corrected chi connectivity index (χ2v) is 5.11. The number of hydrogen-bond donors (Lipinski definition) is 4. The highest BCUT2D eigenvalue weighted by Crippen LogP contribution is 2.11. The van der Waals surface area contributed by atoms with Crippen molar-refractivity contribution in [1.29, 1.82) is 0 Å². The molecule has 1 heterocycles. The lowest BCUT2D eigenvalue weighted by atomic mass is 10.1. The topological polar surface area (TPSA) is 103 Å². The van der Waals surface area contributed by atoms with Crippen LogP contribution in [0.15, 0.2) is 35.5 Å². The number of anilines is 1. The maximum Gasteiger partial charge on any atom is 0.319 e. The number of carbonyl (C=O) groups excluding carboxylic acids is 1. The largest absolute Gasteiger partial charge is 0.409 e. The Bertz CT molecular complexity index is 483. The van der Waals surface area contributed by atoms with Gasteiger partial charge in [-0.3, -0.25) is 4.90 Å². The smallest absolute Gasteiger partial charge is 0.319 e. The summed E-state index contributed by atoms with van der Waals surface area (Å²) < 4.78 is 0. The number of nitrogens with zero attached hydrogens (tertiary/aromatic N) is 2. The van der Waals surface area contributed by atoms with Crippen molar-refractivity contribution in [1.82, 2.24) is 10.2 Å². The minimum Gasteiger partial charge on any atom is -0.409 e. The molecule has 1 aromatic carbocycles. The van der Waals surface area contributed by atoms with Crippen LogP contribution in [0.3, 0.4) is 0 Å². The van der Waals surface area contributed by atoms with E-state index in [1.165, 1.54) is 0 Å². The Morgan fingerprint density at radius 2 is 2.00 bits per heavy atom. The van der Waals surface area contributed by atoms with Gasteiger partial charge in [0, 0.05) is 24.8 Å². The minimum atomic E-state index is -0.184. The summed E-state index contributed by atoms with van der Waals surface area (Å²) in [4.78, 5) is 14.0. The van der Waals surface area contributed by atoms with Crippen LogP contribution in [0.25, 0.3) is 0 Å². The maximum absolute atomic E-state index is 11.9. The first-order valence-electron chi connectivity index (χ1n) is 6.98. The number of hydrogen-bond acceptors (Lipinski definition) is 4. The number of benzene rings is 1. The molecule has 0 radical (unpaired) electrons. The number of piperidine rings is 1. The van der Waals surface area contributed by atoms with Gasteiger partial charge in [-0.2, -0.15) is 0 Å². The molecule has 114 valence electrons. The van der Waals surface area contributed by atoms with E-state index in [0.717, 1.165) is 31.6 Å². The molecule has 1 aliphatic heterocycles. The molecule has 2 rings (SSSR count). The molecule has 0 aliphatic carbocycles. The fourth-order valence-electron chi connectivity index (χ4n) is 2.37. The molecule has 1 fully saturated rings. The van der Waals surface area contributed by atoms with E-state index in [-0.39, 0.29) is 17.9 Å². The molecular weight excluding hydrogens is 270 g/mol. The normalized spacial score (nSPS) is 17.4. The minimum absolute atomic E-state index is 0.150. The van der Waals surface area contributed by atoms with E-state index in [2.05, 4.69) is 20.7 Å². The van der Waals surface area contributed by atoms with Crippen molar-refractivity contribution < 1.29 is 10.0 Å². The predicted molar refractivity (Wildman–Crippen MR) is 81.5 cm³/mol. The summed E-state index contributed by atoms with van der Waals surface area (Å²) in [7, 11) is 0. The van der Waals surface area contributed by atoms with E-state index < -0.39 is 0 Å². The molecular formula is C14H21N5O2. The molecule has 0 aromatic heterocycles. The fourth-order valence-corrected chi connectivity index (χ4v) is 2.37. The summed E-state index contributed by atoms with van der Waals surface area (Å²) >= 11 is 0. The molecule has 1 saturated heterocycles. The van der Waals surface area contributed by atoms with Gasteiger partial charge in [0.1, 0.15) is 0 Å². The Kier molecular flexibility index (Phi) is 5.39. The molecule has 1 aliphatic rings. The lowest BCUT2D eigenvalue weighted by molar-refractivity contribution is 0.211. The molecule has 7 heteroatoms. The second kappa shape index (κ2) is 7.49. The van der Waals surface area contributed by atoms with Crippen LogP contribution >= 0.6 is 0 Å². The van der Waals surface area contributed by atoms with Crippen LogP contribution in [0.4, 0.5) is 10.5 Å². The highest BCUT2D eigenvalue weighted by atomic mass is 16.4. The summed E-state index contributed by atoms with van der Waals surface area (Å²) in [5.74, 6) is 0.211. The Morgan fingerprint density at radius 3 is 2.62 bits per heavy atom. The summed E-state index contributed by atoms with van der Waals surface area (Å²) in [6, 6.07) is 9.31. The van der Waals surface area contributed by atoms with Crippen LogP contribution < -0.4 is 16.4 Å². The number of carbonyl (C=O) groups is 1. The third-order valence-corrected chi connectivity index (χ3v) is 3.47. The first-order chi connectivity index (χ1) is 10.2. The Balaban J connectivity index is 1.72. The average Bonchev–Trinajstić information content (AvgIpc) is 2.50. The first kappa shape index (κ1) is 15.1. The molecule has 2 amide bonds. The van der Waals surface area contributed by atoms with E-state index in [1.54, 1.807) is 0 Å². The van der Waals surface area contributed by atoms with Gasteiger partial charge in [-0.05, 0) is 25.0 Å². The molecule has 21 heavy (non-hydrogen) atoms. The van der Waals surface area contributed by atoms with Crippen LogP contribution in [-0.2, 0) is 0 Å². The van der Waals surface area contributed by atoms with Gasteiger partial charge in [0.2, 0.25) is 0 Å². The summed E-state index contributed by atoms with van der Waals surface area (Å²) in [6.45, 7) is 2.08. The quantitative estimate of drug-likeness (QED) is 0.288. The van der Waals surface area contributed by atoms with Gasteiger partial charge in [-0.25, -0.2) is 4.79 Å². The third kappa shape index (κ3) is 4.96. The van der Waals surface area contributed by atoms with Gasteiger partial charge in [0.05, 0.1) is 6.54 Å². The van der Waals surface area contributed by atoms with Gasteiger partial charge < -0.3 is 21.6 Å². The van der Waals surface area contributed by atoms with Crippen LogP contribution in [0.5, 0.6) is 0 Å². The van der Waals surface area contributed by atoms with Crippen LogP contribution in [0.1, 0.15) is 12.8 Å². The van der Waals surface area contributed by atoms with Gasteiger partial charge in [-0.1, -0.05) is 23.4 Å². The fraction of sp³-hybridized carbons (Fsp3) is 0.429. The van der Waals surface area contributed by atoms with E-state index in [4.69, 9.17) is 10.9 Å². The number of para-hydroxylation sites is 1. The Hall–Kier alpha value is -2.28. The molecule has 7 nitrogen and oxygen atoms in total. The number of rotatable bonds is 4. The number of nitrogens with one attached hydrogen (secondary N) is 2. The maximum atomic E-state index is 11.9. The van der Waals surface area contributed by atoms with Crippen LogP contribution in [-0.4, -0.2) is 47.7 Å². The molecule has 0 bridgehead atoms.